The minimum absolute atomic E-state index is 0.160. The molecule has 2 aromatic carbocycles. The number of sulfonamides is 1. The van der Waals surface area contributed by atoms with E-state index < -0.39 is 16.0 Å². The molecule has 8 heteroatoms. The van der Waals surface area contributed by atoms with Crippen LogP contribution < -0.4 is 0 Å². The molecule has 1 atom stereocenters. The summed E-state index contributed by atoms with van der Waals surface area (Å²) < 4.78 is 37.9. The number of hydrogen-bond donors (Lipinski definition) is 0. The Morgan fingerprint density at radius 1 is 1.07 bits per heavy atom. The number of carbonyl (C=O) groups excluding carboxylic acids is 1. The molecule has 0 spiro atoms. The van der Waals surface area contributed by atoms with E-state index in [1.807, 2.05) is 49.3 Å². The normalized spacial score (nSPS) is 16.4. The molecule has 0 saturated carbocycles. The molecule has 1 saturated heterocycles. The molecule has 3 rings (SSSR count). The van der Waals surface area contributed by atoms with Gasteiger partial charge in [0.15, 0.2) is 0 Å². The van der Waals surface area contributed by atoms with Crippen molar-refractivity contribution in [2.45, 2.75) is 17.4 Å². The summed E-state index contributed by atoms with van der Waals surface area (Å²) in [5.74, 6) is -0.474. The molecule has 1 unspecified atom stereocenters. The van der Waals surface area contributed by atoms with Crippen LogP contribution in [0.25, 0.3) is 0 Å². The van der Waals surface area contributed by atoms with Gasteiger partial charge >= 0.3 is 5.97 Å². The smallest absolute Gasteiger partial charge is 0.338 e. The van der Waals surface area contributed by atoms with Crippen molar-refractivity contribution in [1.29, 1.82) is 0 Å². The molecule has 2 aromatic rings. The van der Waals surface area contributed by atoms with Gasteiger partial charge in [-0.05, 0) is 43.9 Å². The Morgan fingerprint density at radius 2 is 1.70 bits per heavy atom. The van der Waals surface area contributed by atoms with Gasteiger partial charge in [-0.15, -0.1) is 0 Å². The van der Waals surface area contributed by atoms with Crippen molar-refractivity contribution in [3.8, 4) is 0 Å². The summed E-state index contributed by atoms with van der Waals surface area (Å²) >= 11 is 0. The van der Waals surface area contributed by atoms with Gasteiger partial charge in [-0.25, -0.2) is 13.2 Å². The Bertz CT molecular complexity index is 924. The summed E-state index contributed by atoms with van der Waals surface area (Å²) in [6.45, 7) is 2.20. The van der Waals surface area contributed by atoms with Gasteiger partial charge in [0.1, 0.15) is 6.10 Å². The van der Waals surface area contributed by atoms with Crippen molar-refractivity contribution < 1.29 is 22.7 Å². The highest BCUT2D eigenvalue weighted by atomic mass is 32.2. The fourth-order valence-electron chi connectivity index (χ4n) is 3.23. The molecular weight excluding hydrogens is 404 g/mol. The number of carbonyl (C=O) groups is 1. The molecule has 1 heterocycles. The summed E-state index contributed by atoms with van der Waals surface area (Å²) in [5, 5.41) is 0. The fourth-order valence-corrected chi connectivity index (χ4v) is 4.64. The second-order valence-electron chi connectivity index (χ2n) is 7.44. The van der Waals surface area contributed by atoms with Gasteiger partial charge in [-0.3, -0.25) is 0 Å². The number of esters is 1. The molecule has 1 aliphatic rings. The lowest BCUT2D eigenvalue weighted by atomic mass is 10.1. The zero-order valence-electron chi connectivity index (χ0n) is 17.4. The lowest BCUT2D eigenvalue weighted by Gasteiger charge is -2.26. The molecule has 0 aliphatic carbocycles. The highest BCUT2D eigenvalue weighted by molar-refractivity contribution is 7.89. The van der Waals surface area contributed by atoms with Crippen molar-refractivity contribution in [3.05, 3.63) is 65.7 Å². The SMILES string of the molecule is CN(C)CCC(OC(=O)c1ccc(S(=O)(=O)N2CCOCC2)cc1)c1ccccc1. The molecule has 162 valence electrons. The molecule has 0 N–H and O–H groups in total. The van der Waals surface area contributed by atoms with Gasteiger partial charge in [0, 0.05) is 26.1 Å². The third-order valence-electron chi connectivity index (χ3n) is 4.96. The summed E-state index contributed by atoms with van der Waals surface area (Å²) in [7, 11) is 0.347. The van der Waals surface area contributed by atoms with E-state index in [9.17, 15) is 13.2 Å². The van der Waals surface area contributed by atoms with Crippen molar-refractivity contribution in [3.63, 3.8) is 0 Å². The molecule has 0 aromatic heterocycles. The zero-order valence-corrected chi connectivity index (χ0v) is 18.2. The van der Waals surface area contributed by atoms with Crippen molar-refractivity contribution >= 4 is 16.0 Å². The minimum atomic E-state index is -3.59. The maximum atomic E-state index is 12.7. The largest absolute Gasteiger partial charge is 0.454 e. The first-order valence-electron chi connectivity index (χ1n) is 9.96. The average Bonchev–Trinajstić information content (AvgIpc) is 2.77. The first kappa shape index (κ1) is 22.4. The van der Waals surface area contributed by atoms with Crippen LogP contribution in [0.1, 0.15) is 28.4 Å². The monoisotopic (exact) mass is 432 g/mol. The Morgan fingerprint density at radius 3 is 2.30 bits per heavy atom. The molecule has 1 aliphatic heterocycles. The van der Waals surface area contributed by atoms with Crippen LogP contribution in [0.3, 0.4) is 0 Å². The van der Waals surface area contributed by atoms with E-state index in [0.717, 1.165) is 12.1 Å². The van der Waals surface area contributed by atoms with E-state index in [1.165, 1.54) is 28.6 Å². The van der Waals surface area contributed by atoms with Crippen LogP contribution >= 0.6 is 0 Å². The minimum Gasteiger partial charge on any atom is -0.454 e. The average molecular weight is 433 g/mol. The van der Waals surface area contributed by atoms with Crippen molar-refractivity contribution in [2.75, 3.05) is 46.9 Å². The molecule has 7 nitrogen and oxygen atoms in total. The second-order valence-corrected chi connectivity index (χ2v) is 9.38. The van der Waals surface area contributed by atoms with E-state index in [2.05, 4.69) is 0 Å². The summed E-state index contributed by atoms with van der Waals surface area (Å²) in [4.78, 5) is 14.9. The molecule has 0 radical (unpaired) electrons. The van der Waals surface area contributed by atoms with Crippen LogP contribution in [0.2, 0.25) is 0 Å². The van der Waals surface area contributed by atoms with Gasteiger partial charge < -0.3 is 14.4 Å². The van der Waals surface area contributed by atoms with Gasteiger partial charge in [-0.2, -0.15) is 4.31 Å². The second kappa shape index (κ2) is 10.2. The number of morpholine rings is 1. The molecule has 0 bridgehead atoms. The third kappa shape index (κ3) is 5.66. The maximum absolute atomic E-state index is 12.7. The fraction of sp³-hybridized carbons (Fsp3) is 0.409. The van der Waals surface area contributed by atoms with E-state index in [1.54, 1.807) is 0 Å². The Labute approximate surface area is 178 Å². The lowest BCUT2D eigenvalue weighted by Crippen LogP contribution is -2.40. The van der Waals surface area contributed by atoms with Gasteiger partial charge in [0.25, 0.3) is 0 Å². The first-order valence-corrected chi connectivity index (χ1v) is 11.4. The quantitative estimate of drug-likeness (QED) is 0.597. The highest BCUT2D eigenvalue weighted by Gasteiger charge is 2.26. The van der Waals surface area contributed by atoms with Crippen LogP contribution in [-0.2, 0) is 19.5 Å². The standard InChI is InChI=1S/C22H28N2O5S/c1-23(2)13-12-21(18-6-4-3-5-7-18)29-22(25)19-8-10-20(11-9-19)30(26,27)24-14-16-28-17-15-24/h3-11,21H,12-17H2,1-2H3. The van der Waals surface area contributed by atoms with Crippen LogP contribution in [0.5, 0.6) is 0 Å². The van der Waals surface area contributed by atoms with Gasteiger partial charge in [0.2, 0.25) is 10.0 Å². The van der Waals surface area contributed by atoms with Crippen LogP contribution in [0.15, 0.2) is 59.5 Å². The number of rotatable bonds is 8. The number of hydrogen-bond acceptors (Lipinski definition) is 6. The summed E-state index contributed by atoms with van der Waals surface area (Å²) in [6, 6.07) is 15.5. The predicted molar refractivity (Wildman–Crippen MR) is 114 cm³/mol. The van der Waals surface area contributed by atoms with Crippen LogP contribution in [0.4, 0.5) is 0 Å². The van der Waals surface area contributed by atoms with Crippen molar-refractivity contribution in [1.82, 2.24) is 9.21 Å². The van der Waals surface area contributed by atoms with Crippen LogP contribution in [0, 0.1) is 0 Å². The lowest BCUT2D eigenvalue weighted by molar-refractivity contribution is 0.0261. The van der Waals surface area contributed by atoms with E-state index in [4.69, 9.17) is 9.47 Å². The topological polar surface area (TPSA) is 76.2 Å². The summed E-state index contributed by atoms with van der Waals surface area (Å²) in [5.41, 5.74) is 1.25. The van der Waals surface area contributed by atoms with Crippen molar-refractivity contribution in [2.24, 2.45) is 0 Å². The Balaban J connectivity index is 1.72. The molecule has 1 fully saturated rings. The molecule has 0 amide bonds. The Kier molecular flexibility index (Phi) is 7.60. The summed E-state index contributed by atoms with van der Waals surface area (Å²) in [6.07, 6.45) is 0.282. The zero-order chi connectivity index (χ0) is 21.6. The third-order valence-corrected chi connectivity index (χ3v) is 6.87. The highest BCUT2D eigenvalue weighted by Crippen LogP contribution is 2.24. The first-order chi connectivity index (χ1) is 14.4. The van der Waals surface area contributed by atoms with E-state index in [-0.39, 0.29) is 11.0 Å². The molecule has 30 heavy (non-hydrogen) atoms. The maximum Gasteiger partial charge on any atom is 0.338 e. The Hall–Kier alpha value is -2.26. The number of benzene rings is 2. The van der Waals surface area contributed by atoms with E-state index in [0.29, 0.717) is 38.3 Å². The molecular formula is C22H28N2O5S. The van der Waals surface area contributed by atoms with Crippen LogP contribution in [-0.4, -0.2) is 70.5 Å². The number of ether oxygens (including phenoxy) is 2. The van der Waals surface area contributed by atoms with Gasteiger partial charge in [-0.1, -0.05) is 30.3 Å². The van der Waals surface area contributed by atoms with E-state index >= 15 is 0 Å². The van der Waals surface area contributed by atoms with Gasteiger partial charge in [0.05, 0.1) is 23.7 Å². The number of nitrogens with zero attached hydrogens (tertiary/aromatic N) is 2. The predicted octanol–water partition coefficient (Wildman–Crippen LogP) is 2.56.